The summed E-state index contributed by atoms with van der Waals surface area (Å²) in [6.45, 7) is 14.1. The summed E-state index contributed by atoms with van der Waals surface area (Å²) in [7, 11) is 1.53. The first kappa shape index (κ1) is 24.3. The van der Waals surface area contributed by atoms with Crippen molar-refractivity contribution < 1.29 is 19.1 Å². The summed E-state index contributed by atoms with van der Waals surface area (Å²) < 4.78 is 5.14. The van der Waals surface area contributed by atoms with Crippen molar-refractivity contribution in [3.8, 4) is 0 Å². The molecule has 1 aliphatic heterocycles. The van der Waals surface area contributed by atoms with Gasteiger partial charge in [-0.2, -0.15) is 0 Å². The minimum Gasteiger partial charge on any atom is -0.462 e. The van der Waals surface area contributed by atoms with E-state index in [0.29, 0.717) is 15.4 Å². The molecule has 2 N–H and O–H groups in total. The summed E-state index contributed by atoms with van der Waals surface area (Å²) in [4.78, 5) is 42.3. The summed E-state index contributed by atoms with van der Waals surface area (Å²) in [6.07, 6.45) is 0.998. The fraction of sp³-hybridized carbons (Fsp3) is 0.667. The van der Waals surface area contributed by atoms with Crippen LogP contribution in [-0.4, -0.2) is 79.5 Å². The lowest BCUT2D eigenvalue weighted by Crippen LogP contribution is -2.44. The zero-order valence-electron chi connectivity index (χ0n) is 18.9. The molecule has 1 fully saturated rings. The van der Waals surface area contributed by atoms with E-state index in [1.807, 2.05) is 0 Å². The lowest BCUT2D eigenvalue weighted by Gasteiger charge is -2.34. The molecule has 1 aromatic heterocycles. The van der Waals surface area contributed by atoms with E-state index in [1.165, 1.54) is 7.05 Å². The molecule has 1 saturated heterocycles. The Kier molecular flexibility index (Phi) is 8.40. The maximum atomic E-state index is 12.8. The third-order valence-corrected chi connectivity index (χ3v) is 6.42. The molecule has 2 rings (SSSR count). The predicted octanol–water partition coefficient (Wildman–Crippen LogP) is 2.34. The van der Waals surface area contributed by atoms with E-state index in [9.17, 15) is 14.4 Å². The second-order valence-corrected chi connectivity index (χ2v) is 9.42. The van der Waals surface area contributed by atoms with Crippen LogP contribution in [0.3, 0.4) is 0 Å². The lowest BCUT2D eigenvalue weighted by atomic mass is 10.1. The van der Waals surface area contributed by atoms with Gasteiger partial charge in [0.2, 0.25) is 5.91 Å². The van der Waals surface area contributed by atoms with Crippen LogP contribution in [0, 0.1) is 6.92 Å². The van der Waals surface area contributed by atoms with Crippen LogP contribution in [0.2, 0.25) is 0 Å². The molecular formula is C21H34N4O4S. The molecule has 8 nitrogen and oxygen atoms in total. The Labute approximate surface area is 182 Å². The first-order valence-electron chi connectivity index (χ1n) is 10.4. The minimum absolute atomic E-state index is 0.109. The smallest absolute Gasteiger partial charge is 0.341 e. The van der Waals surface area contributed by atoms with Gasteiger partial charge in [0, 0.05) is 25.7 Å². The number of anilines is 1. The van der Waals surface area contributed by atoms with Crippen LogP contribution in [0.1, 0.15) is 59.7 Å². The van der Waals surface area contributed by atoms with Gasteiger partial charge in [0.25, 0.3) is 5.91 Å². The highest BCUT2D eigenvalue weighted by Crippen LogP contribution is 2.33. The van der Waals surface area contributed by atoms with Crippen molar-refractivity contribution >= 4 is 34.1 Å². The fourth-order valence-electron chi connectivity index (χ4n) is 3.55. The van der Waals surface area contributed by atoms with Crippen LogP contribution in [0.25, 0.3) is 0 Å². The Morgan fingerprint density at radius 1 is 1.13 bits per heavy atom. The quantitative estimate of drug-likeness (QED) is 0.663. The number of thiophene rings is 1. The number of carbonyl (C=O) groups excluding carboxylic acids is 3. The molecule has 1 aromatic rings. The third-order valence-electron chi connectivity index (χ3n) is 5.22. The molecule has 168 valence electrons. The standard InChI is InChI=1S/C21H34N4O4S/c1-7-29-20(28)16-14(2)17(18(27)22-6)30-19(16)23-15(26)13-24-9-8-10-25(12-11-24)21(3,4)5/h7-13H2,1-6H3,(H,22,27)(H,23,26). The van der Waals surface area contributed by atoms with Gasteiger partial charge in [0.15, 0.2) is 0 Å². The number of amides is 2. The molecular weight excluding hydrogens is 404 g/mol. The average molecular weight is 439 g/mol. The summed E-state index contributed by atoms with van der Waals surface area (Å²) in [6, 6.07) is 0. The number of rotatable bonds is 6. The van der Waals surface area contributed by atoms with Crippen LogP contribution in [0.4, 0.5) is 5.00 Å². The largest absolute Gasteiger partial charge is 0.462 e. The van der Waals surface area contributed by atoms with Crippen molar-refractivity contribution in [1.29, 1.82) is 0 Å². The molecule has 0 saturated carbocycles. The molecule has 0 spiro atoms. The van der Waals surface area contributed by atoms with Gasteiger partial charge in [-0.05, 0) is 59.7 Å². The highest BCUT2D eigenvalue weighted by Gasteiger charge is 2.28. The van der Waals surface area contributed by atoms with Crippen LogP contribution in [0.15, 0.2) is 0 Å². The fourth-order valence-corrected chi connectivity index (χ4v) is 4.71. The molecule has 0 atom stereocenters. The van der Waals surface area contributed by atoms with Gasteiger partial charge in [-0.25, -0.2) is 4.79 Å². The molecule has 2 heterocycles. The molecule has 0 bridgehead atoms. The molecule has 0 radical (unpaired) electrons. The summed E-state index contributed by atoms with van der Waals surface area (Å²) >= 11 is 1.10. The van der Waals surface area contributed by atoms with Gasteiger partial charge < -0.3 is 15.4 Å². The molecule has 30 heavy (non-hydrogen) atoms. The average Bonchev–Trinajstić information content (AvgIpc) is 2.82. The summed E-state index contributed by atoms with van der Waals surface area (Å²) in [5.41, 5.74) is 0.879. The molecule has 2 amide bonds. The van der Waals surface area contributed by atoms with Gasteiger partial charge in [0.05, 0.1) is 23.6 Å². The van der Waals surface area contributed by atoms with E-state index in [2.05, 4.69) is 41.2 Å². The van der Waals surface area contributed by atoms with Gasteiger partial charge >= 0.3 is 5.97 Å². The van der Waals surface area contributed by atoms with Gasteiger partial charge in [0.1, 0.15) is 5.00 Å². The van der Waals surface area contributed by atoms with Gasteiger partial charge in [-0.3, -0.25) is 19.4 Å². The topological polar surface area (TPSA) is 91.0 Å². The number of nitrogens with zero attached hydrogens (tertiary/aromatic N) is 2. The maximum Gasteiger partial charge on any atom is 0.341 e. The number of hydrogen-bond acceptors (Lipinski definition) is 7. The lowest BCUT2D eigenvalue weighted by molar-refractivity contribution is -0.117. The van der Waals surface area contributed by atoms with Crippen LogP contribution >= 0.6 is 11.3 Å². The summed E-state index contributed by atoms with van der Waals surface area (Å²) in [5.74, 6) is -1.03. The van der Waals surface area contributed by atoms with E-state index < -0.39 is 5.97 Å². The Bertz CT molecular complexity index is 785. The maximum absolute atomic E-state index is 12.8. The van der Waals surface area contributed by atoms with Crippen molar-refractivity contribution in [1.82, 2.24) is 15.1 Å². The molecule has 9 heteroatoms. The summed E-state index contributed by atoms with van der Waals surface area (Å²) in [5, 5.41) is 5.77. The molecule has 0 aliphatic carbocycles. The second kappa shape index (κ2) is 10.4. The van der Waals surface area contributed by atoms with Crippen molar-refractivity contribution in [2.45, 2.75) is 46.6 Å². The highest BCUT2D eigenvalue weighted by molar-refractivity contribution is 7.18. The Morgan fingerprint density at radius 3 is 2.43 bits per heavy atom. The monoisotopic (exact) mass is 438 g/mol. The van der Waals surface area contributed by atoms with E-state index in [1.54, 1.807) is 13.8 Å². The molecule has 1 aliphatic rings. The number of ether oxygens (including phenoxy) is 1. The first-order chi connectivity index (χ1) is 14.1. The van der Waals surface area contributed by atoms with Crippen LogP contribution in [0.5, 0.6) is 0 Å². The van der Waals surface area contributed by atoms with Crippen molar-refractivity contribution in [3.05, 3.63) is 16.0 Å². The Morgan fingerprint density at radius 2 is 1.83 bits per heavy atom. The minimum atomic E-state index is -0.535. The zero-order chi connectivity index (χ0) is 22.5. The SMILES string of the molecule is CCOC(=O)c1c(NC(=O)CN2CCCN(C(C)(C)C)CC2)sc(C(=O)NC)c1C. The Hall–Kier alpha value is -1.97. The first-order valence-corrected chi connectivity index (χ1v) is 11.2. The highest BCUT2D eigenvalue weighted by atomic mass is 32.1. The number of carbonyl (C=O) groups is 3. The van der Waals surface area contributed by atoms with Crippen molar-refractivity contribution in [3.63, 3.8) is 0 Å². The third kappa shape index (κ3) is 6.02. The number of esters is 1. The second-order valence-electron chi connectivity index (χ2n) is 8.40. The van der Waals surface area contributed by atoms with E-state index in [4.69, 9.17) is 4.74 Å². The van der Waals surface area contributed by atoms with Crippen LogP contribution < -0.4 is 10.6 Å². The number of nitrogens with one attached hydrogen (secondary N) is 2. The van der Waals surface area contributed by atoms with Crippen molar-refractivity contribution in [2.24, 2.45) is 0 Å². The van der Waals surface area contributed by atoms with Gasteiger partial charge in [-0.15, -0.1) is 11.3 Å². The van der Waals surface area contributed by atoms with E-state index >= 15 is 0 Å². The number of hydrogen-bond donors (Lipinski definition) is 2. The normalized spacial score (nSPS) is 16.1. The predicted molar refractivity (Wildman–Crippen MR) is 119 cm³/mol. The van der Waals surface area contributed by atoms with Crippen molar-refractivity contribution in [2.75, 3.05) is 51.7 Å². The van der Waals surface area contributed by atoms with E-state index in [-0.39, 0.29) is 36.1 Å². The van der Waals surface area contributed by atoms with Gasteiger partial charge in [-0.1, -0.05) is 0 Å². The Balaban J connectivity index is 2.12. The zero-order valence-corrected chi connectivity index (χ0v) is 19.7. The molecule has 0 unspecified atom stereocenters. The van der Waals surface area contributed by atoms with Crippen LogP contribution in [-0.2, 0) is 9.53 Å². The van der Waals surface area contributed by atoms with E-state index in [0.717, 1.165) is 43.9 Å². The molecule has 0 aromatic carbocycles.